The number of rotatable bonds is 4. The van der Waals surface area contributed by atoms with Crippen molar-refractivity contribution in [3.05, 3.63) is 94.1 Å². The molecular formula is C40H54O2Zr. The molecule has 2 aliphatic rings. The first kappa shape index (κ1) is 37.1. The smallest absolute Gasteiger partial charge is 0.509 e. The summed E-state index contributed by atoms with van der Waals surface area (Å²) >= 11 is 0. The molecule has 2 aromatic carbocycles. The number of methoxy groups -OCH3 is 2. The first-order chi connectivity index (χ1) is 19.3. The molecule has 0 aliphatic heterocycles. The van der Waals surface area contributed by atoms with E-state index in [-0.39, 0.29) is 47.9 Å². The van der Waals surface area contributed by atoms with Gasteiger partial charge in [0.1, 0.15) is 0 Å². The standard InChI is InChI=1S/2C20H27O.Zr/c2*1-19(2,3)15-12-16(14-10-8-9-11-14)18(21-7)17(13-15)20(4,5)6;/h2*8,10,12-13H,9H2,1-7H3;/q2*-1;+2. The molecule has 0 radical (unpaired) electrons. The third kappa shape index (κ3) is 8.97. The van der Waals surface area contributed by atoms with Gasteiger partial charge in [-0.1, -0.05) is 130 Å². The first-order valence-corrected chi connectivity index (χ1v) is 15.3. The van der Waals surface area contributed by atoms with Crippen molar-refractivity contribution >= 4 is 11.1 Å². The summed E-state index contributed by atoms with van der Waals surface area (Å²) in [4.78, 5) is 0. The summed E-state index contributed by atoms with van der Waals surface area (Å²) in [7, 11) is 3.54. The van der Waals surface area contributed by atoms with Crippen LogP contribution < -0.4 is 9.47 Å². The van der Waals surface area contributed by atoms with Crippen molar-refractivity contribution in [2.75, 3.05) is 14.2 Å². The van der Waals surface area contributed by atoms with Crippen molar-refractivity contribution in [1.82, 2.24) is 0 Å². The summed E-state index contributed by atoms with van der Waals surface area (Å²) < 4.78 is 11.6. The van der Waals surface area contributed by atoms with Gasteiger partial charge in [-0.05, 0) is 32.8 Å². The predicted octanol–water partition coefficient (Wildman–Crippen LogP) is 10.9. The van der Waals surface area contributed by atoms with Crippen LogP contribution in [0, 0.1) is 12.2 Å². The van der Waals surface area contributed by atoms with E-state index in [1.807, 2.05) is 0 Å². The number of hydrogen-bond donors (Lipinski definition) is 0. The van der Waals surface area contributed by atoms with E-state index in [1.165, 1.54) is 33.4 Å². The van der Waals surface area contributed by atoms with Crippen LogP contribution in [-0.4, -0.2) is 14.2 Å². The van der Waals surface area contributed by atoms with Crippen LogP contribution in [0.25, 0.3) is 11.1 Å². The Labute approximate surface area is 282 Å². The van der Waals surface area contributed by atoms with Gasteiger partial charge in [-0.2, -0.15) is 35.5 Å². The summed E-state index contributed by atoms with van der Waals surface area (Å²) in [5.41, 5.74) is 10.2. The average Bonchev–Trinajstić information content (AvgIpc) is 3.60. The summed E-state index contributed by atoms with van der Waals surface area (Å²) in [6.45, 7) is 27.0. The molecular weight excluding hydrogens is 604 g/mol. The molecule has 0 saturated heterocycles. The van der Waals surface area contributed by atoms with Crippen molar-refractivity contribution in [1.29, 1.82) is 0 Å². The van der Waals surface area contributed by atoms with E-state index >= 15 is 0 Å². The summed E-state index contributed by atoms with van der Waals surface area (Å²) in [6, 6.07) is 9.15. The maximum atomic E-state index is 5.79. The van der Waals surface area contributed by atoms with Crippen LogP contribution in [0.15, 0.2) is 48.6 Å². The van der Waals surface area contributed by atoms with Crippen molar-refractivity contribution < 1.29 is 35.7 Å². The molecule has 0 fully saturated rings. The minimum absolute atomic E-state index is 0. The molecule has 0 N–H and O–H groups in total. The topological polar surface area (TPSA) is 18.5 Å². The van der Waals surface area contributed by atoms with Crippen LogP contribution in [0.3, 0.4) is 0 Å². The van der Waals surface area contributed by atoms with E-state index in [9.17, 15) is 0 Å². The van der Waals surface area contributed by atoms with E-state index in [0.717, 1.165) is 35.5 Å². The molecule has 0 unspecified atom stereocenters. The molecule has 230 valence electrons. The third-order valence-electron chi connectivity index (χ3n) is 7.90. The number of allylic oxidation sites excluding steroid dienone is 8. The van der Waals surface area contributed by atoms with E-state index in [0.29, 0.717) is 0 Å². The van der Waals surface area contributed by atoms with Crippen LogP contribution >= 0.6 is 0 Å². The van der Waals surface area contributed by atoms with E-state index in [1.54, 1.807) is 14.2 Å². The predicted molar refractivity (Wildman–Crippen MR) is 182 cm³/mol. The molecule has 2 nitrogen and oxygen atoms in total. The Kier molecular flexibility index (Phi) is 12.0. The largest absolute Gasteiger partial charge is 2.00 e. The zero-order valence-electron chi connectivity index (χ0n) is 29.3. The van der Waals surface area contributed by atoms with Gasteiger partial charge in [-0.25, -0.2) is 0 Å². The first-order valence-electron chi connectivity index (χ1n) is 15.3. The molecule has 3 heteroatoms. The monoisotopic (exact) mass is 656 g/mol. The minimum atomic E-state index is 0. The zero-order valence-corrected chi connectivity index (χ0v) is 31.8. The van der Waals surface area contributed by atoms with Gasteiger partial charge in [0.05, 0.1) is 25.7 Å². The molecule has 0 bridgehead atoms. The molecule has 0 aromatic heterocycles. The van der Waals surface area contributed by atoms with Gasteiger partial charge >= 0.3 is 26.2 Å². The summed E-state index contributed by atoms with van der Waals surface area (Å²) in [5, 5.41) is 0. The number of hydrogen-bond acceptors (Lipinski definition) is 2. The fourth-order valence-electron chi connectivity index (χ4n) is 5.26. The van der Waals surface area contributed by atoms with Gasteiger partial charge in [0.15, 0.2) is 0 Å². The second kappa shape index (κ2) is 13.9. The fraction of sp³-hybridized carbons (Fsp3) is 0.500. The average molecular weight is 658 g/mol. The normalized spacial score (nSPS) is 14.9. The van der Waals surface area contributed by atoms with E-state index in [2.05, 4.69) is 144 Å². The van der Waals surface area contributed by atoms with Crippen molar-refractivity contribution in [2.45, 2.75) is 118 Å². The number of benzene rings is 2. The van der Waals surface area contributed by atoms with Gasteiger partial charge in [0.25, 0.3) is 0 Å². The minimum Gasteiger partial charge on any atom is -0.509 e. The Morgan fingerprint density at radius 3 is 1.05 bits per heavy atom. The van der Waals surface area contributed by atoms with Crippen LogP contribution in [0.4, 0.5) is 0 Å². The molecule has 0 heterocycles. The van der Waals surface area contributed by atoms with Crippen LogP contribution in [-0.2, 0) is 47.9 Å². The van der Waals surface area contributed by atoms with Crippen LogP contribution in [0.2, 0.25) is 0 Å². The van der Waals surface area contributed by atoms with Gasteiger partial charge in [0, 0.05) is 0 Å². The maximum Gasteiger partial charge on any atom is 2.00 e. The Hall–Kier alpha value is -2.12. The molecule has 4 rings (SSSR count). The SMILES string of the molecule is COc1c(C2=[C-]CC=C2)cc(C(C)(C)C)cc1C(C)(C)C.COc1c(C2=[C-]CC=C2)cc(C(C)(C)C)cc1C(C)(C)C.[Zr+2]. The number of ether oxygens (including phenoxy) is 2. The summed E-state index contributed by atoms with van der Waals surface area (Å²) in [6.07, 6.45) is 17.2. The molecule has 2 aromatic rings. The van der Waals surface area contributed by atoms with Gasteiger partial charge in [-0.3, -0.25) is 0 Å². The Balaban J connectivity index is 0.000000293. The molecule has 0 saturated carbocycles. The Bertz CT molecular complexity index is 1300. The molecule has 43 heavy (non-hydrogen) atoms. The molecule has 0 atom stereocenters. The van der Waals surface area contributed by atoms with Crippen LogP contribution in [0.5, 0.6) is 11.5 Å². The fourth-order valence-corrected chi connectivity index (χ4v) is 5.26. The second-order valence-corrected chi connectivity index (χ2v) is 15.6. The third-order valence-corrected chi connectivity index (χ3v) is 7.90. The van der Waals surface area contributed by atoms with E-state index < -0.39 is 0 Å². The van der Waals surface area contributed by atoms with Gasteiger partial charge in [-0.15, -0.1) is 24.3 Å². The van der Waals surface area contributed by atoms with Crippen LogP contribution in [0.1, 0.15) is 129 Å². The van der Waals surface area contributed by atoms with E-state index in [4.69, 9.17) is 9.47 Å². The van der Waals surface area contributed by atoms with Gasteiger partial charge in [0.2, 0.25) is 0 Å². The van der Waals surface area contributed by atoms with Crippen molar-refractivity contribution in [3.8, 4) is 11.5 Å². The molecule has 0 spiro atoms. The van der Waals surface area contributed by atoms with Crippen molar-refractivity contribution in [2.24, 2.45) is 0 Å². The van der Waals surface area contributed by atoms with Crippen molar-refractivity contribution in [3.63, 3.8) is 0 Å². The second-order valence-electron chi connectivity index (χ2n) is 15.6. The van der Waals surface area contributed by atoms with Gasteiger partial charge < -0.3 is 9.47 Å². The molecule has 2 aliphatic carbocycles. The quantitative estimate of drug-likeness (QED) is 0.305. The summed E-state index contributed by atoms with van der Waals surface area (Å²) in [5.74, 6) is 1.98. The Morgan fingerprint density at radius 2 is 0.837 bits per heavy atom. The molecule has 0 amide bonds. The maximum absolute atomic E-state index is 5.79. The zero-order chi connectivity index (χ0) is 31.7. The Morgan fingerprint density at radius 1 is 0.512 bits per heavy atom.